The van der Waals surface area contributed by atoms with Gasteiger partial charge >= 0.3 is 11.7 Å². The van der Waals surface area contributed by atoms with Gasteiger partial charge < -0.3 is 14.0 Å². The molecule has 0 N–H and O–H groups in total. The van der Waals surface area contributed by atoms with E-state index in [1.807, 2.05) is 0 Å². The Morgan fingerprint density at radius 1 is 1.29 bits per heavy atom. The average Bonchev–Trinajstić information content (AvgIpc) is 3.22. The van der Waals surface area contributed by atoms with E-state index in [2.05, 4.69) is 5.16 Å². The Kier molecular flexibility index (Phi) is 4.93. The minimum absolute atomic E-state index is 0.0768. The van der Waals surface area contributed by atoms with E-state index in [0.29, 0.717) is 11.3 Å². The third-order valence-corrected chi connectivity index (χ3v) is 5.20. The van der Waals surface area contributed by atoms with Gasteiger partial charge in [0.2, 0.25) is 5.76 Å². The molecule has 1 aliphatic carbocycles. The van der Waals surface area contributed by atoms with Crippen molar-refractivity contribution in [3.8, 4) is 5.75 Å². The Morgan fingerprint density at radius 2 is 1.93 bits per heavy atom. The van der Waals surface area contributed by atoms with Crippen LogP contribution in [0.3, 0.4) is 0 Å². The first-order valence-corrected chi connectivity index (χ1v) is 8.73. The van der Waals surface area contributed by atoms with Gasteiger partial charge in [0, 0.05) is 5.92 Å². The van der Waals surface area contributed by atoms with E-state index in [1.54, 1.807) is 31.2 Å². The number of rotatable bonds is 7. The molecular formula is C19H20N2O7. The van der Waals surface area contributed by atoms with Crippen LogP contribution < -0.4 is 4.74 Å². The number of hydrogen-bond acceptors (Lipinski definition) is 8. The van der Waals surface area contributed by atoms with E-state index < -0.39 is 33.9 Å². The average molecular weight is 388 g/mol. The molecule has 2 aromatic rings. The largest absolute Gasteiger partial charge is 0.497 e. The first kappa shape index (κ1) is 19.5. The third kappa shape index (κ3) is 2.74. The summed E-state index contributed by atoms with van der Waals surface area (Å²) in [5.41, 5.74) is -1.18. The summed E-state index contributed by atoms with van der Waals surface area (Å²) in [7, 11) is 1.52. The maximum absolute atomic E-state index is 12.8. The molecular weight excluding hydrogens is 368 g/mol. The second kappa shape index (κ2) is 7.06. The molecule has 3 atom stereocenters. The summed E-state index contributed by atoms with van der Waals surface area (Å²) in [4.78, 5) is 36.4. The molecule has 148 valence electrons. The van der Waals surface area contributed by atoms with Gasteiger partial charge in [-0.3, -0.25) is 19.7 Å². The topological polar surface area (TPSA) is 122 Å². The molecule has 0 aliphatic heterocycles. The molecule has 0 spiro atoms. The molecule has 0 saturated heterocycles. The molecule has 1 aliphatic rings. The number of nitro groups is 1. The van der Waals surface area contributed by atoms with Gasteiger partial charge in [-0.15, -0.1) is 0 Å². The molecule has 1 aromatic carbocycles. The van der Waals surface area contributed by atoms with Gasteiger partial charge in [-0.1, -0.05) is 17.3 Å². The van der Waals surface area contributed by atoms with E-state index in [-0.39, 0.29) is 23.7 Å². The molecule has 0 unspecified atom stereocenters. The predicted molar refractivity (Wildman–Crippen MR) is 96.1 cm³/mol. The summed E-state index contributed by atoms with van der Waals surface area (Å²) in [6, 6.07) is 6.83. The first-order valence-electron chi connectivity index (χ1n) is 8.73. The number of methoxy groups -OCH3 is 1. The molecule has 1 saturated carbocycles. The lowest BCUT2D eigenvalue weighted by Crippen LogP contribution is -2.29. The molecule has 0 radical (unpaired) electrons. The second-order valence-electron chi connectivity index (χ2n) is 6.61. The van der Waals surface area contributed by atoms with Crippen LogP contribution in [0.4, 0.5) is 5.69 Å². The van der Waals surface area contributed by atoms with Crippen LogP contribution in [0.2, 0.25) is 0 Å². The fourth-order valence-electron chi connectivity index (χ4n) is 3.91. The number of esters is 1. The van der Waals surface area contributed by atoms with Crippen LogP contribution in [0.5, 0.6) is 5.75 Å². The van der Waals surface area contributed by atoms with Crippen molar-refractivity contribution in [2.75, 3.05) is 13.7 Å². The van der Waals surface area contributed by atoms with E-state index in [9.17, 15) is 19.7 Å². The van der Waals surface area contributed by atoms with E-state index in [1.165, 1.54) is 21.0 Å². The van der Waals surface area contributed by atoms with Crippen LogP contribution in [-0.4, -0.2) is 35.5 Å². The lowest BCUT2D eigenvalue weighted by Gasteiger charge is -2.13. The molecule has 1 fully saturated rings. The summed E-state index contributed by atoms with van der Waals surface area (Å²) in [5, 5.41) is 15.2. The standard InChI is InChI=1S/C19H20N2O7/c1-5-27-18(23)19(11(3)22)14(12-6-8-13(26-4)9-7-12)15(19)17-16(21(24)25)10(2)20-28-17/h6-9,14-15H,5H2,1-4H3/t14-,15+,19-/m1/s1. The van der Waals surface area contributed by atoms with Crippen molar-refractivity contribution in [2.24, 2.45) is 5.41 Å². The van der Waals surface area contributed by atoms with Crippen LogP contribution in [0, 0.1) is 22.5 Å². The van der Waals surface area contributed by atoms with Crippen LogP contribution in [0.1, 0.15) is 42.7 Å². The van der Waals surface area contributed by atoms with Crippen molar-refractivity contribution in [3.05, 3.63) is 51.4 Å². The lowest BCUT2D eigenvalue weighted by molar-refractivity contribution is -0.386. The number of carbonyl (C=O) groups is 2. The molecule has 9 nitrogen and oxygen atoms in total. The van der Waals surface area contributed by atoms with E-state index in [0.717, 1.165) is 0 Å². The van der Waals surface area contributed by atoms with Crippen LogP contribution >= 0.6 is 0 Å². The number of carbonyl (C=O) groups excluding carboxylic acids is 2. The summed E-state index contributed by atoms with van der Waals surface area (Å²) in [5.74, 6) is -2.20. The summed E-state index contributed by atoms with van der Waals surface area (Å²) < 4.78 is 15.5. The van der Waals surface area contributed by atoms with Crippen LogP contribution in [-0.2, 0) is 14.3 Å². The zero-order valence-corrected chi connectivity index (χ0v) is 15.9. The van der Waals surface area contributed by atoms with Gasteiger partial charge in [-0.05, 0) is 38.5 Å². The Labute approximate surface area is 160 Å². The number of aryl methyl sites for hydroxylation is 1. The highest BCUT2D eigenvalue weighted by Gasteiger charge is 2.77. The Morgan fingerprint density at radius 3 is 2.43 bits per heavy atom. The SMILES string of the molecule is CCOC(=O)[C@]1(C(C)=O)[C@H](c2ccc(OC)cc2)[C@H]1c1onc(C)c1[N+](=O)[O-]. The fourth-order valence-corrected chi connectivity index (χ4v) is 3.91. The summed E-state index contributed by atoms with van der Waals surface area (Å²) in [6.07, 6.45) is 0. The van der Waals surface area contributed by atoms with Crippen molar-refractivity contribution >= 4 is 17.4 Å². The number of hydrogen-bond donors (Lipinski definition) is 0. The number of ether oxygens (including phenoxy) is 2. The van der Waals surface area contributed by atoms with Crippen molar-refractivity contribution in [1.29, 1.82) is 0 Å². The number of benzene rings is 1. The third-order valence-electron chi connectivity index (χ3n) is 5.20. The Hall–Kier alpha value is -3.23. The van der Waals surface area contributed by atoms with Crippen molar-refractivity contribution in [2.45, 2.75) is 32.6 Å². The van der Waals surface area contributed by atoms with Gasteiger partial charge in [-0.25, -0.2) is 0 Å². The molecule has 3 rings (SSSR count). The quantitative estimate of drug-likeness (QED) is 0.307. The highest BCUT2D eigenvalue weighted by molar-refractivity contribution is 6.09. The Balaban J connectivity index is 2.17. The van der Waals surface area contributed by atoms with Gasteiger partial charge in [0.15, 0.2) is 5.69 Å². The monoisotopic (exact) mass is 388 g/mol. The molecule has 1 aromatic heterocycles. The van der Waals surface area contributed by atoms with Crippen LogP contribution in [0.25, 0.3) is 0 Å². The highest BCUT2D eigenvalue weighted by atomic mass is 16.6. The maximum Gasteiger partial charge on any atom is 0.334 e. The van der Waals surface area contributed by atoms with Crippen molar-refractivity contribution < 1.29 is 28.5 Å². The number of aromatic nitrogens is 1. The highest BCUT2D eigenvalue weighted by Crippen LogP contribution is 2.72. The van der Waals surface area contributed by atoms with Gasteiger partial charge in [0.25, 0.3) is 0 Å². The lowest BCUT2D eigenvalue weighted by atomic mass is 9.94. The number of Topliss-reactive ketones (excluding diaryl/α,β-unsaturated/α-hetero) is 1. The summed E-state index contributed by atoms with van der Waals surface area (Å²) >= 11 is 0. The molecule has 1 heterocycles. The van der Waals surface area contributed by atoms with Gasteiger partial charge in [-0.2, -0.15) is 0 Å². The molecule has 0 bridgehead atoms. The van der Waals surface area contributed by atoms with Gasteiger partial charge in [0.1, 0.15) is 16.9 Å². The number of nitrogens with zero attached hydrogens (tertiary/aromatic N) is 2. The zero-order valence-electron chi connectivity index (χ0n) is 15.9. The van der Waals surface area contributed by atoms with E-state index in [4.69, 9.17) is 14.0 Å². The van der Waals surface area contributed by atoms with E-state index >= 15 is 0 Å². The molecule has 28 heavy (non-hydrogen) atoms. The van der Waals surface area contributed by atoms with Crippen molar-refractivity contribution in [1.82, 2.24) is 5.16 Å². The Bertz CT molecular complexity index is 934. The minimum Gasteiger partial charge on any atom is -0.497 e. The molecule has 9 heteroatoms. The minimum atomic E-state index is -1.60. The fraction of sp³-hybridized carbons (Fsp3) is 0.421. The normalized spacial score (nSPS) is 23.1. The van der Waals surface area contributed by atoms with Gasteiger partial charge in [0.05, 0.1) is 24.6 Å². The van der Waals surface area contributed by atoms with Crippen LogP contribution in [0.15, 0.2) is 28.8 Å². The first-order chi connectivity index (χ1) is 13.3. The zero-order chi connectivity index (χ0) is 20.6. The molecule has 0 amide bonds. The maximum atomic E-state index is 12.8. The van der Waals surface area contributed by atoms with Crippen molar-refractivity contribution in [3.63, 3.8) is 0 Å². The number of ketones is 1. The predicted octanol–water partition coefficient (Wildman–Crippen LogP) is 2.92. The summed E-state index contributed by atoms with van der Waals surface area (Å²) in [6.45, 7) is 4.43. The smallest absolute Gasteiger partial charge is 0.334 e. The second-order valence-corrected chi connectivity index (χ2v) is 6.61.